The number of halogens is 3. The quantitative estimate of drug-likeness (QED) is 0.497. The van der Waals surface area contributed by atoms with E-state index in [1.807, 2.05) is 4.72 Å². The Labute approximate surface area is 157 Å². The third-order valence-corrected chi connectivity index (χ3v) is 4.85. The summed E-state index contributed by atoms with van der Waals surface area (Å²) in [4.78, 5) is 13.9. The Balaban J connectivity index is 2.24. The fraction of sp³-hybridized carbons (Fsp3) is 0.267. The molecule has 1 heterocycles. The number of anilines is 1. The van der Waals surface area contributed by atoms with E-state index in [9.17, 15) is 31.7 Å². The molecule has 0 aliphatic heterocycles. The van der Waals surface area contributed by atoms with E-state index in [1.54, 1.807) is 0 Å². The van der Waals surface area contributed by atoms with E-state index in [1.165, 1.54) is 24.4 Å². The van der Waals surface area contributed by atoms with Crippen molar-refractivity contribution in [3.63, 3.8) is 0 Å². The van der Waals surface area contributed by atoms with Crippen molar-refractivity contribution in [2.75, 3.05) is 19.0 Å². The van der Waals surface area contributed by atoms with Crippen LogP contribution in [-0.2, 0) is 16.6 Å². The van der Waals surface area contributed by atoms with E-state index >= 15 is 0 Å². The lowest BCUT2D eigenvalue weighted by atomic mass is 10.2. The Hall–Kier alpha value is -2.93. The summed E-state index contributed by atoms with van der Waals surface area (Å²) in [6.07, 6.45) is -3.30. The summed E-state index contributed by atoms with van der Waals surface area (Å²) in [7, 11) is -2.72. The van der Waals surface area contributed by atoms with Gasteiger partial charge in [-0.2, -0.15) is 13.2 Å². The van der Waals surface area contributed by atoms with E-state index in [0.717, 1.165) is 19.2 Å². The monoisotopic (exact) mass is 420 g/mol. The first kappa shape index (κ1) is 21.4. The first-order valence-corrected chi connectivity index (χ1v) is 9.11. The molecule has 0 saturated heterocycles. The molecule has 2 rings (SSSR count). The number of aromatic nitrogens is 1. The van der Waals surface area contributed by atoms with Crippen LogP contribution in [0.1, 0.15) is 5.56 Å². The molecule has 0 radical (unpaired) electrons. The van der Waals surface area contributed by atoms with Crippen molar-refractivity contribution in [3.05, 3.63) is 52.2 Å². The molecule has 0 bridgehead atoms. The van der Waals surface area contributed by atoms with Crippen molar-refractivity contribution in [1.82, 2.24) is 9.71 Å². The zero-order valence-electron chi connectivity index (χ0n) is 14.4. The minimum Gasteiger partial charge on any atom is -0.468 e. The summed E-state index contributed by atoms with van der Waals surface area (Å²) in [5, 5.41) is 14.0. The molecule has 152 valence electrons. The van der Waals surface area contributed by atoms with Gasteiger partial charge in [0.15, 0.2) is 6.61 Å². The highest BCUT2D eigenvalue weighted by molar-refractivity contribution is 7.89. The molecule has 28 heavy (non-hydrogen) atoms. The first-order valence-electron chi connectivity index (χ1n) is 7.63. The van der Waals surface area contributed by atoms with Crippen LogP contribution in [0.2, 0.25) is 0 Å². The molecule has 0 unspecified atom stereocenters. The lowest BCUT2D eigenvalue weighted by Crippen LogP contribution is -2.20. The standard InChI is InChI=1S/C15H15F3N4O5S/c1-19-28(25,26)11-4-5-12(13(7-11)22(23)24)21-8-10-3-2-6-20-14(10)27-9-15(16,17)18/h2-7,19,21H,8-9H2,1H3. The SMILES string of the molecule is CNS(=O)(=O)c1ccc(NCc2cccnc2OCC(F)(F)F)c([N+](=O)[O-])c1. The van der Waals surface area contributed by atoms with Gasteiger partial charge in [-0.15, -0.1) is 0 Å². The second kappa shape index (κ2) is 8.39. The molecule has 0 amide bonds. The number of alkyl halides is 3. The molecule has 0 saturated carbocycles. The van der Waals surface area contributed by atoms with Crippen LogP contribution in [0.4, 0.5) is 24.5 Å². The smallest absolute Gasteiger partial charge is 0.422 e. The van der Waals surface area contributed by atoms with E-state index in [4.69, 9.17) is 0 Å². The normalized spacial score (nSPS) is 11.9. The molecule has 13 heteroatoms. The summed E-state index contributed by atoms with van der Waals surface area (Å²) in [5.41, 5.74) is -0.309. The number of pyridine rings is 1. The van der Waals surface area contributed by atoms with E-state index < -0.39 is 33.4 Å². The van der Waals surface area contributed by atoms with Crippen molar-refractivity contribution in [3.8, 4) is 5.88 Å². The molecule has 2 N–H and O–H groups in total. The summed E-state index contributed by atoms with van der Waals surface area (Å²) in [6, 6.07) is 6.13. The maximum absolute atomic E-state index is 12.3. The highest BCUT2D eigenvalue weighted by Crippen LogP contribution is 2.29. The Kier molecular flexibility index (Phi) is 6.41. The van der Waals surface area contributed by atoms with Crippen LogP contribution in [0.15, 0.2) is 41.4 Å². The van der Waals surface area contributed by atoms with Crippen LogP contribution < -0.4 is 14.8 Å². The number of nitro groups is 1. The average Bonchev–Trinajstić information content (AvgIpc) is 2.64. The molecule has 0 aliphatic rings. The Bertz CT molecular complexity index is 966. The van der Waals surface area contributed by atoms with Gasteiger partial charge in [-0.1, -0.05) is 6.07 Å². The molecule has 1 aromatic heterocycles. The van der Waals surface area contributed by atoms with Gasteiger partial charge in [0.1, 0.15) is 5.69 Å². The maximum atomic E-state index is 12.3. The second-order valence-corrected chi connectivity index (χ2v) is 7.26. The number of hydrogen-bond donors (Lipinski definition) is 2. The van der Waals surface area contributed by atoms with Gasteiger partial charge in [0.25, 0.3) is 5.69 Å². The van der Waals surface area contributed by atoms with Crippen molar-refractivity contribution in [2.24, 2.45) is 0 Å². The van der Waals surface area contributed by atoms with Crippen LogP contribution >= 0.6 is 0 Å². The first-order chi connectivity index (χ1) is 13.0. The fourth-order valence-electron chi connectivity index (χ4n) is 2.13. The van der Waals surface area contributed by atoms with Gasteiger partial charge in [0.2, 0.25) is 15.9 Å². The van der Waals surface area contributed by atoms with Crippen molar-refractivity contribution >= 4 is 21.4 Å². The average molecular weight is 420 g/mol. The Morgan fingerprint density at radius 3 is 2.61 bits per heavy atom. The predicted octanol–water partition coefficient (Wildman–Crippen LogP) is 2.45. The van der Waals surface area contributed by atoms with Crippen molar-refractivity contribution < 1.29 is 31.2 Å². The molecule has 0 spiro atoms. The van der Waals surface area contributed by atoms with Gasteiger partial charge in [0.05, 0.1) is 9.82 Å². The van der Waals surface area contributed by atoms with Crippen LogP contribution in [0.25, 0.3) is 0 Å². The van der Waals surface area contributed by atoms with Gasteiger partial charge in [-0.25, -0.2) is 18.1 Å². The largest absolute Gasteiger partial charge is 0.468 e. The van der Waals surface area contributed by atoms with E-state index in [0.29, 0.717) is 0 Å². The van der Waals surface area contributed by atoms with Crippen LogP contribution in [0.5, 0.6) is 5.88 Å². The maximum Gasteiger partial charge on any atom is 0.422 e. The third-order valence-electron chi connectivity index (χ3n) is 3.44. The number of rotatable bonds is 8. The van der Waals surface area contributed by atoms with Crippen LogP contribution in [0, 0.1) is 10.1 Å². The predicted molar refractivity (Wildman–Crippen MR) is 92.5 cm³/mol. The highest BCUT2D eigenvalue weighted by atomic mass is 32.2. The molecule has 0 fully saturated rings. The molecule has 0 aliphatic carbocycles. The zero-order valence-corrected chi connectivity index (χ0v) is 15.2. The number of nitro benzene ring substituents is 1. The number of sulfonamides is 1. The van der Waals surface area contributed by atoms with E-state index in [2.05, 4.69) is 15.0 Å². The Morgan fingerprint density at radius 1 is 1.29 bits per heavy atom. The van der Waals surface area contributed by atoms with Gasteiger partial charge >= 0.3 is 6.18 Å². The number of ether oxygens (including phenoxy) is 1. The molecule has 9 nitrogen and oxygen atoms in total. The molecule has 0 atom stereocenters. The van der Waals surface area contributed by atoms with Gasteiger partial charge in [-0.05, 0) is 25.2 Å². The van der Waals surface area contributed by atoms with Crippen molar-refractivity contribution in [1.29, 1.82) is 0 Å². The summed E-state index contributed by atoms with van der Waals surface area (Å²) < 4.78 is 67.3. The summed E-state index contributed by atoms with van der Waals surface area (Å²) in [6.45, 7) is -1.67. The lowest BCUT2D eigenvalue weighted by molar-refractivity contribution is -0.384. The minimum absolute atomic E-state index is 0.0225. The van der Waals surface area contributed by atoms with Gasteiger partial charge in [-0.3, -0.25) is 10.1 Å². The van der Waals surface area contributed by atoms with Gasteiger partial charge < -0.3 is 10.1 Å². The number of nitrogens with one attached hydrogen (secondary N) is 2. The third kappa shape index (κ3) is 5.53. The summed E-state index contributed by atoms with van der Waals surface area (Å²) >= 11 is 0. The molecule has 2 aromatic rings. The molecular formula is C15H15F3N4O5S. The Morgan fingerprint density at radius 2 is 2.00 bits per heavy atom. The van der Waals surface area contributed by atoms with Crippen molar-refractivity contribution in [2.45, 2.75) is 17.6 Å². The molecular weight excluding hydrogens is 405 g/mol. The summed E-state index contributed by atoms with van der Waals surface area (Å²) in [5.74, 6) is -0.274. The van der Waals surface area contributed by atoms with Gasteiger partial charge in [0, 0.05) is 24.4 Å². The number of nitrogens with zero attached hydrogens (tertiary/aromatic N) is 2. The van der Waals surface area contributed by atoms with Crippen LogP contribution in [0.3, 0.4) is 0 Å². The van der Waals surface area contributed by atoms with E-state index in [-0.39, 0.29) is 28.6 Å². The molecule has 1 aromatic carbocycles. The lowest BCUT2D eigenvalue weighted by Gasteiger charge is -2.13. The minimum atomic E-state index is -4.55. The zero-order chi connectivity index (χ0) is 20.9. The number of hydrogen-bond acceptors (Lipinski definition) is 7. The number of benzene rings is 1. The van der Waals surface area contributed by atoms with Crippen LogP contribution in [-0.4, -0.2) is 38.2 Å². The second-order valence-electron chi connectivity index (χ2n) is 5.37. The fourth-order valence-corrected chi connectivity index (χ4v) is 2.88. The topological polar surface area (TPSA) is 123 Å². The highest BCUT2D eigenvalue weighted by Gasteiger charge is 2.29.